The smallest absolute Gasteiger partial charge is 0.235 e. The van der Waals surface area contributed by atoms with Gasteiger partial charge in [0.05, 0.1) is 22.4 Å². The maximum absolute atomic E-state index is 14.4. The van der Waals surface area contributed by atoms with Crippen molar-refractivity contribution in [2.24, 2.45) is 5.41 Å². The number of rotatable bonds is 2. The minimum absolute atomic E-state index is 0.123. The number of aromatic nitrogens is 2. The Labute approximate surface area is 180 Å². The van der Waals surface area contributed by atoms with Gasteiger partial charge in [-0.15, -0.1) is 5.10 Å². The molecule has 6 rings (SSSR count). The highest BCUT2D eigenvalue weighted by Crippen LogP contribution is 2.68. The van der Waals surface area contributed by atoms with Crippen molar-refractivity contribution < 1.29 is 13.6 Å². The zero-order valence-corrected chi connectivity index (χ0v) is 18.0. The van der Waals surface area contributed by atoms with Gasteiger partial charge in [-0.1, -0.05) is 19.9 Å². The fraction of sp³-hybridized carbons (Fsp3) is 0.542. The Balaban J connectivity index is 1.45. The van der Waals surface area contributed by atoms with Crippen molar-refractivity contribution in [2.75, 3.05) is 20.1 Å². The molecular weight excluding hydrogens is 398 g/mol. The van der Waals surface area contributed by atoms with Crippen LogP contribution >= 0.6 is 0 Å². The van der Waals surface area contributed by atoms with Gasteiger partial charge in [0.25, 0.3) is 0 Å². The van der Waals surface area contributed by atoms with Crippen LogP contribution in [0, 0.1) is 17.0 Å². The fourth-order valence-corrected chi connectivity index (χ4v) is 7.02. The van der Waals surface area contributed by atoms with Crippen molar-refractivity contribution >= 4 is 5.91 Å². The molecule has 1 saturated carbocycles. The summed E-state index contributed by atoms with van der Waals surface area (Å²) in [6.45, 7) is 5.98. The molecular formula is C24H26F2N4O. The molecule has 2 aliphatic carbocycles. The SMILES string of the molecule is CN1C[C@@H]2C[C@H]1CN2C(=O)[C@]12CC[C@H](c3cc(-c4c(F)cccc4F)nnc31)C2(C)C. The largest absolute Gasteiger partial charge is 0.336 e. The molecule has 0 unspecified atom stereocenters. The number of benzene rings is 1. The Morgan fingerprint density at radius 1 is 1.13 bits per heavy atom. The number of carbonyl (C=O) groups is 1. The molecule has 3 fully saturated rings. The van der Waals surface area contributed by atoms with Gasteiger partial charge in [0, 0.05) is 25.2 Å². The molecule has 3 heterocycles. The van der Waals surface area contributed by atoms with Gasteiger partial charge < -0.3 is 4.90 Å². The predicted molar refractivity (Wildman–Crippen MR) is 111 cm³/mol. The van der Waals surface area contributed by atoms with Gasteiger partial charge in [-0.25, -0.2) is 8.78 Å². The second-order valence-corrected chi connectivity index (χ2v) is 10.3. The fourth-order valence-electron chi connectivity index (χ4n) is 7.02. The molecule has 7 heteroatoms. The van der Waals surface area contributed by atoms with E-state index in [-0.39, 0.29) is 34.5 Å². The number of piperazine rings is 1. The minimum Gasteiger partial charge on any atom is -0.336 e. The first-order valence-corrected chi connectivity index (χ1v) is 11.1. The number of nitrogens with zero attached hydrogens (tertiary/aromatic N) is 4. The summed E-state index contributed by atoms with van der Waals surface area (Å²) in [5.41, 5.74) is 0.659. The van der Waals surface area contributed by atoms with E-state index < -0.39 is 17.0 Å². The van der Waals surface area contributed by atoms with E-state index in [1.165, 1.54) is 18.2 Å². The molecule has 31 heavy (non-hydrogen) atoms. The third-order valence-corrected chi connectivity index (χ3v) is 8.74. The molecule has 1 aromatic carbocycles. The number of fused-ring (bicyclic) bond motifs is 7. The summed E-state index contributed by atoms with van der Waals surface area (Å²) in [5.74, 6) is -1.02. The van der Waals surface area contributed by atoms with Crippen molar-refractivity contribution in [2.45, 2.75) is 56.5 Å². The number of halogens is 2. The van der Waals surface area contributed by atoms with Crippen molar-refractivity contribution in [3.63, 3.8) is 0 Å². The second kappa shape index (κ2) is 6.09. The molecule has 0 spiro atoms. The van der Waals surface area contributed by atoms with Gasteiger partial charge in [-0.05, 0) is 61.4 Å². The van der Waals surface area contributed by atoms with Crippen molar-refractivity contribution in [1.82, 2.24) is 20.0 Å². The quantitative estimate of drug-likeness (QED) is 0.741. The average molecular weight is 424 g/mol. The van der Waals surface area contributed by atoms with Crippen LogP contribution in [-0.2, 0) is 10.2 Å². The van der Waals surface area contributed by atoms with E-state index in [0.29, 0.717) is 6.04 Å². The predicted octanol–water partition coefficient (Wildman–Crippen LogP) is 3.49. The third-order valence-electron chi connectivity index (χ3n) is 8.74. The third kappa shape index (κ3) is 2.25. The zero-order chi connectivity index (χ0) is 21.7. The lowest BCUT2D eigenvalue weighted by molar-refractivity contribution is -0.143. The molecule has 4 bridgehead atoms. The van der Waals surface area contributed by atoms with Crippen LogP contribution in [0.1, 0.15) is 50.3 Å². The van der Waals surface area contributed by atoms with Crippen molar-refractivity contribution in [3.8, 4) is 11.3 Å². The van der Waals surface area contributed by atoms with Crippen LogP contribution in [0.5, 0.6) is 0 Å². The molecule has 0 N–H and O–H groups in total. The van der Waals surface area contributed by atoms with Crippen LogP contribution in [0.15, 0.2) is 24.3 Å². The maximum Gasteiger partial charge on any atom is 0.235 e. The first-order valence-electron chi connectivity index (χ1n) is 11.1. The van der Waals surface area contributed by atoms with Crippen LogP contribution in [0.2, 0.25) is 0 Å². The van der Waals surface area contributed by atoms with Crippen molar-refractivity contribution in [3.05, 3.63) is 47.2 Å². The summed E-state index contributed by atoms with van der Waals surface area (Å²) in [6, 6.07) is 6.27. The second-order valence-electron chi connectivity index (χ2n) is 10.3. The normalized spacial score (nSPS) is 32.7. The summed E-state index contributed by atoms with van der Waals surface area (Å²) in [6.07, 6.45) is 2.66. The van der Waals surface area contributed by atoms with Crippen LogP contribution in [0.3, 0.4) is 0 Å². The molecule has 162 valence electrons. The lowest BCUT2D eigenvalue weighted by Gasteiger charge is -2.42. The van der Waals surface area contributed by atoms with E-state index >= 15 is 0 Å². The lowest BCUT2D eigenvalue weighted by atomic mass is 9.67. The van der Waals surface area contributed by atoms with Crippen LogP contribution in [0.4, 0.5) is 8.78 Å². The highest BCUT2D eigenvalue weighted by atomic mass is 19.1. The van der Waals surface area contributed by atoms with E-state index in [9.17, 15) is 13.6 Å². The summed E-state index contributed by atoms with van der Waals surface area (Å²) < 4.78 is 28.8. The molecule has 0 radical (unpaired) electrons. The maximum atomic E-state index is 14.4. The van der Waals surface area contributed by atoms with E-state index in [0.717, 1.165) is 43.6 Å². The van der Waals surface area contributed by atoms with Gasteiger partial charge in [-0.2, -0.15) is 5.10 Å². The topological polar surface area (TPSA) is 49.3 Å². The average Bonchev–Trinajstić information content (AvgIpc) is 3.42. The van der Waals surface area contributed by atoms with Crippen LogP contribution in [0.25, 0.3) is 11.3 Å². The molecule has 1 aromatic heterocycles. The number of likely N-dealkylation sites (N-methyl/N-ethyl adjacent to an activating group) is 1. The van der Waals surface area contributed by atoms with E-state index in [2.05, 4.69) is 40.9 Å². The minimum atomic E-state index is -0.713. The Morgan fingerprint density at radius 2 is 1.87 bits per heavy atom. The Morgan fingerprint density at radius 3 is 2.52 bits per heavy atom. The molecule has 4 atom stereocenters. The van der Waals surface area contributed by atoms with Gasteiger partial charge in [0.15, 0.2) is 0 Å². The van der Waals surface area contributed by atoms with Crippen LogP contribution in [-0.4, -0.2) is 58.1 Å². The van der Waals surface area contributed by atoms with E-state index in [1.807, 2.05) is 0 Å². The summed E-state index contributed by atoms with van der Waals surface area (Å²) in [7, 11) is 2.13. The van der Waals surface area contributed by atoms with Crippen molar-refractivity contribution in [1.29, 1.82) is 0 Å². The van der Waals surface area contributed by atoms with Gasteiger partial charge >= 0.3 is 0 Å². The number of amides is 1. The van der Waals surface area contributed by atoms with Gasteiger partial charge in [0.1, 0.15) is 11.6 Å². The number of hydrogen-bond acceptors (Lipinski definition) is 4. The molecule has 2 aromatic rings. The summed E-state index contributed by atoms with van der Waals surface area (Å²) in [4.78, 5) is 18.5. The molecule has 2 saturated heterocycles. The number of hydrogen-bond donors (Lipinski definition) is 0. The highest BCUT2D eigenvalue weighted by Gasteiger charge is 2.69. The Bertz CT molecular complexity index is 1100. The van der Waals surface area contributed by atoms with Gasteiger partial charge in [0.2, 0.25) is 5.91 Å². The first-order chi connectivity index (χ1) is 14.8. The van der Waals surface area contributed by atoms with Gasteiger partial charge in [-0.3, -0.25) is 9.69 Å². The molecule has 4 aliphatic rings. The Kier molecular flexibility index (Phi) is 3.79. The molecule has 2 aliphatic heterocycles. The number of carbonyl (C=O) groups excluding carboxylic acids is 1. The first kappa shape index (κ1) is 19.3. The summed E-state index contributed by atoms with van der Waals surface area (Å²) >= 11 is 0. The number of likely N-dealkylation sites (tertiary alicyclic amines) is 2. The standard InChI is InChI=1S/C24H26F2N4O/c1-23(2)16-7-8-24(23,22(31)30-12-13-9-14(30)11-29(13)3)21-15(16)10-19(27-28-21)20-17(25)5-4-6-18(20)26/h4-6,10,13-14,16H,7-9,11-12H2,1-3H3/t13-,14-,16+,24-/m0/s1. The van der Waals surface area contributed by atoms with E-state index in [1.54, 1.807) is 6.07 Å². The zero-order valence-electron chi connectivity index (χ0n) is 18.0. The molecule has 1 amide bonds. The lowest BCUT2D eigenvalue weighted by Crippen LogP contribution is -2.56. The van der Waals surface area contributed by atoms with E-state index in [4.69, 9.17) is 0 Å². The monoisotopic (exact) mass is 424 g/mol. The Hall–Kier alpha value is -2.41. The molecule has 5 nitrogen and oxygen atoms in total. The highest BCUT2D eigenvalue weighted by molar-refractivity contribution is 5.92. The van der Waals surface area contributed by atoms with Crippen LogP contribution < -0.4 is 0 Å². The summed E-state index contributed by atoms with van der Waals surface area (Å²) in [5, 5.41) is 8.73.